The van der Waals surface area contributed by atoms with Gasteiger partial charge < -0.3 is 8.98 Å². The molecule has 0 atom stereocenters. The van der Waals surface area contributed by atoms with E-state index in [4.69, 9.17) is 14.4 Å². The Morgan fingerprint density at radius 3 is 1.73 bits per heavy atom. The monoisotopic (exact) mass is 805 g/mol. The SMILES string of the molecule is N=C(N=C(/N=C/c1c(-n2c3ccccc3c3cc4ccccc4cc32)c2oc3ccccc3c2c2ccccc12)n1c2ccccc2c2ccccc21)c1cccc2ccccc12. The van der Waals surface area contributed by atoms with Gasteiger partial charge in [0.15, 0.2) is 11.4 Å². The van der Waals surface area contributed by atoms with Gasteiger partial charge in [-0.3, -0.25) is 9.98 Å². The van der Waals surface area contributed by atoms with Crippen LogP contribution in [0.15, 0.2) is 215 Å². The highest BCUT2D eigenvalue weighted by Gasteiger charge is 2.25. The third-order valence-electron chi connectivity index (χ3n) is 12.7. The molecule has 0 aliphatic rings. The molecule has 0 fully saturated rings. The first-order valence-electron chi connectivity index (χ1n) is 21.2. The third-order valence-corrected chi connectivity index (χ3v) is 12.7. The summed E-state index contributed by atoms with van der Waals surface area (Å²) in [6, 6.07) is 69.5. The highest BCUT2D eigenvalue weighted by molar-refractivity contribution is 6.28. The smallest absolute Gasteiger partial charge is 0.236 e. The third kappa shape index (κ3) is 5.28. The van der Waals surface area contributed by atoms with Crippen molar-refractivity contribution in [2.24, 2.45) is 9.98 Å². The van der Waals surface area contributed by atoms with E-state index in [0.29, 0.717) is 5.96 Å². The molecular weight excluding hydrogens is 771 g/mol. The van der Waals surface area contributed by atoms with Crippen LogP contribution in [0.3, 0.4) is 0 Å². The average Bonchev–Trinajstić information content (AvgIpc) is 4.00. The molecular formula is C57H35N5O. The number of aromatic nitrogens is 2. The van der Waals surface area contributed by atoms with Gasteiger partial charge in [0.05, 0.1) is 27.8 Å². The Morgan fingerprint density at radius 2 is 1.00 bits per heavy atom. The van der Waals surface area contributed by atoms with Crippen molar-refractivity contribution >= 4 is 116 Å². The molecule has 0 unspecified atom stereocenters. The first-order chi connectivity index (χ1) is 31.2. The lowest BCUT2D eigenvalue weighted by Crippen LogP contribution is -2.13. The van der Waals surface area contributed by atoms with E-state index in [2.05, 4.69) is 155 Å². The van der Waals surface area contributed by atoms with Crippen molar-refractivity contribution in [3.8, 4) is 5.69 Å². The lowest BCUT2D eigenvalue weighted by atomic mass is 9.97. The molecule has 294 valence electrons. The van der Waals surface area contributed by atoms with Crippen molar-refractivity contribution in [3.05, 3.63) is 211 Å². The summed E-state index contributed by atoms with van der Waals surface area (Å²) in [5, 5.41) is 22.6. The van der Waals surface area contributed by atoms with Gasteiger partial charge in [-0.25, -0.2) is 4.99 Å². The van der Waals surface area contributed by atoms with E-state index in [1.165, 1.54) is 5.39 Å². The van der Waals surface area contributed by atoms with Gasteiger partial charge in [0.25, 0.3) is 0 Å². The van der Waals surface area contributed by atoms with E-state index in [1.807, 2.05) is 60.8 Å². The lowest BCUT2D eigenvalue weighted by Gasteiger charge is -2.16. The van der Waals surface area contributed by atoms with Crippen LogP contribution in [0.25, 0.3) is 104 Å². The van der Waals surface area contributed by atoms with Crippen molar-refractivity contribution in [2.45, 2.75) is 0 Å². The number of amidine groups is 1. The summed E-state index contributed by atoms with van der Waals surface area (Å²) in [6.45, 7) is 0. The molecule has 10 aromatic carbocycles. The number of hydrogen-bond acceptors (Lipinski definition) is 2. The van der Waals surface area contributed by atoms with E-state index in [-0.39, 0.29) is 5.84 Å². The average molecular weight is 806 g/mol. The minimum Gasteiger partial charge on any atom is -0.454 e. The molecule has 0 saturated carbocycles. The van der Waals surface area contributed by atoms with Crippen LogP contribution in [0.4, 0.5) is 0 Å². The number of fused-ring (bicyclic) bond motifs is 13. The molecule has 63 heavy (non-hydrogen) atoms. The Bertz CT molecular complexity index is 4060. The summed E-state index contributed by atoms with van der Waals surface area (Å²) in [5.74, 6) is 0.492. The van der Waals surface area contributed by atoms with Crippen LogP contribution in [0, 0.1) is 5.41 Å². The summed E-state index contributed by atoms with van der Waals surface area (Å²) in [6.07, 6.45) is 1.95. The second kappa shape index (κ2) is 13.7. The first kappa shape index (κ1) is 35.2. The van der Waals surface area contributed by atoms with Gasteiger partial charge in [0.2, 0.25) is 5.96 Å². The maximum absolute atomic E-state index is 9.65. The molecule has 3 aromatic heterocycles. The van der Waals surface area contributed by atoms with Crippen LogP contribution in [0.5, 0.6) is 0 Å². The standard InChI is InChI=1S/C57H35N5O/c58-56(44-27-15-19-35-16-3-4-20-38(35)44)60-57(62-49-29-12-7-22-40(49)41-23-8-13-30-50(41)62)59-34-47-39-21-5-6-25-43(39)53-45-26-10-14-31-52(45)63-55(53)54(47)61-48-28-11-9-24-42(48)46-32-36-17-1-2-18-37(36)33-51(46)61/h1-34,58H/b58-56?,59-34+,60-57?. The van der Waals surface area contributed by atoms with Gasteiger partial charge in [0, 0.05) is 49.7 Å². The van der Waals surface area contributed by atoms with Crippen LogP contribution in [-0.2, 0) is 0 Å². The van der Waals surface area contributed by atoms with Crippen molar-refractivity contribution in [2.75, 3.05) is 0 Å². The van der Waals surface area contributed by atoms with Crippen LogP contribution >= 0.6 is 0 Å². The van der Waals surface area contributed by atoms with Crippen molar-refractivity contribution in [1.29, 1.82) is 5.41 Å². The van der Waals surface area contributed by atoms with Gasteiger partial charge in [-0.05, 0) is 68.7 Å². The number of rotatable bonds is 3. The Labute approximate surface area is 360 Å². The fourth-order valence-corrected chi connectivity index (χ4v) is 9.90. The lowest BCUT2D eigenvalue weighted by molar-refractivity contribution is 0.666. The maximum atomic E-state index is 9.65. The largest absolute Gasteiger partial charge is 0.454 e. The molecule has 13 aromatic rings. The summed E-state index contributed by atoms with van der Waals surface area (Å²) >= 11 is 0. The van der Waals surface area contributed by atoms with Gasteiger partial charge in [-0.2, -0.15) is 4.99 Å². The molecule has 0 aliphatic carbocycles. The van der Waals surface area contributed by atoms with E-state index < -0.39 is 0 Å². The number of para-hydroxylation sites is 4. The fourth-order valence-electron chi connectivity index (χ4n) is 9.90. The molecule has 3 heterocycles. The number of furan rings is 1. The Morgan fingerprint density at radius 1 is 0.460 bits per heavy atom. The molecule has 0 saturated heterocycles. The van der Waals surface area contributed by atoms with Crippen molar-refractivity contribution < 1.29 is 4.42 Å². The zero-order valence-electron chi connectivity index (χ0n) is 33.8. The van der Waals surface area contributed by atoms with Gasteiger partial charge in [-0.15, -0.1) is 0 Å². The van der Waals surface area contributed by atoms with E-state index >= 15 is 0 Å². The number of benzene rings is 10. The zero-order valence-corrected chi connectivity index (χ0v) is 33.8. The van der Waals surface area contributed by atoms with Gasteiger partial charge >= 0.3 is 0 Å². The molecule has 0 amide bonds. The van der Waals surface area contributed by atoms with E-state index in [0.717, 1.165) is 109 Å². The number of nitrogens with zero attached hydrogens (tertiary/aromatic N) is 4. The molecule has 1 N–H and O–H groups in total. The summed E-state index contributed by atoms with van der Waals surface area (Å²) in [5.41, 5.74) is 8.10. The van der Waals surface area contributed by atoms with Gasteiger partial charge in [-0.1, -0.05) is 164 Å². The van der Waals surface area contributed by atoms with Crippen molar-refractivity contribution in [1.82, 2.24) is 9.13 Å². The quantitative estimate of drug-likeness (QED) is 0.140. The molecule has 0 bridgehead atoms. The van der Waals surface area contributed by atoms with Crippen LogP contribution in [-0.4, -0.2) is 27.1 Å². The Hall–Kier alpha value is -8.61. The van der Waals surface area contributed by atoms with Crippen molar-refractivity contribution in [3.63, 3.8) is 0 Å². The molecule has 0 aliphatic heterocycles. The van der Waals surface area contributed by atoms with Crippen LogP contribution in [0.2, 0.25) is 0 Å². The second-order valence-electron chi connectivity index (χ2n) is 16.1. The summed E-state index contributed by atoms with van der Waals surface area (Å²) < 4.78 is 11.5. The maximum Gasteiger partial charge on any atom is 0.236 e. The zero-order chi connectivity index (χ0) is 41.6. The Balaban J connectivity index is 1.16. The minimum absolute atomic E-state index is 0.118. The first-order valence-corrected chi connectivity index (χ1v) is 21.2. The normalized spacial score (nSPS) is 12.5. The van der Waals surface area contributed by atoms with E-state index in [9.17, 15) is 5.41 Å². The van der Waals surface area contributed by atoms with Gasteiger partial charge in [0.1, 0.15) is 5.58 Å². The highest BCUT2D eigenvalue weighted by atomic mass is 16.3. The summed E-state index contributed by atoms with van der Waals surface area (Å²) in [7, 11) is 0. The second-order valence-corrected chi connectivity index (χ2v) is 16.1. The predicted molar refractivity (Wildman–Crippen MR) is 264 cm³/mol. The summed E-state index contributed by atoms with van der Waals surface area (Å²) in [4.78, 5) is 10.7. The fraction of sp³-hybridized carbons (Fsp3) is 0. The molecule has 6 nitrogen and oxygen atoms in total. The molecule has 0 radical (unpaired) electrons. The Kier molecular flexibility index (Phi) is 7.65. The predicted octanol–water partition coefficient (Wildman–Crippen LogP) is 14.6. The number of hydrogen-bond donors (Lipinski definition) is 1. The van der Waals surface area contributed by atoms with Crippen LogP contribution in [0.1, 0.15) is 11.1 Å². The molecule has 0 spiro atoms. The topological polar surface area (TPSA) is 71.6 Å². The minimum atomic E-state index is 0.118. The van der Waals surface area contributed by atoms with E-state index in [1.54, 1.807) is 0 Å². The number of nitrogens with one attached hydrogen (secondary N) is 1. The van der Waals surface area contributed by atoms with Crippen LogP contribution < -0.4 is 0 Å². The molecule has 6 heteroatoms. The number of aliphatic imine (C=N–C) groups is 2. The highest BCUT2D eigenvalue weighted by Crippen LogP contribution is 2.44. The molecule has 13 rings (SSSR count).